The van der Waals surface area contributed by atoms with Gasteiger partial charge in [-0.2, -0.15) is 5.06 Å². The maximum Gasteiger partial charge on any atom is 0.327 e. The number of hydrogen-bond donors (Lipinski definition) is 3. The molecule has 0 spiro atoms. The van der Waals surface area contributed by atoms with E-state index in [9.17, 15) is 14.7 Å². The lowest BCUT2D eigenvalue weighted by molar-refractivity contribution is -0.224. The predicted molar refractivity (Wildman–Crippen MR) is 161 cm³/mol. The van der Waals surface area contributed by atoms with Gasteiger partial charge in [-0.15, -0.1) is 0 Å². The molecule has 3 heterocycles. The fraction of sp³-hybridized carbons (Fsp3) is 0.697. The van der Waals surface area contributed by atoms with E-state index in [1.54, 1.807) is 11.1 Å². The van der Waals surface area contributed by atoms with Gasteiger partial charge in [0.05, 0.1) is 26.0 Å². The van der Waals surface area contributed by atoms with Gasteiger partial charge in [0.25, 0.3) is 0 Å². The molecule has 5 rings (SSSR count). The Labute approximate surface area is 259 Å². The number of nitrogens with zero attached hydrogens (tertiary/aromatic N) is 1. The number of aliphatic hydroxyl groups is 2. The molecule has 1 aromatic rings. The summed E-state index contributed by atoms with van der Waals surface area (Å²) in [5.74, 6) is -1.67. The number of hydrogen-bond acceptors (Lipinski definition) is 10. The minimum Gasteiger partial charge on any atom is -0.499 e. The highest BCUT2D eigenvalue weighted by atomic mass is 16.8. The first-order valence-electron chi connectivity index (χ1n) is 16.3. The van der Waals surface area contributed by atoms with Crippen molar-refractivity contribution >= 4 is 18.0 Å². The van der Waals surface area contributed by atoms with E-state index in [1.807, 2.05) is 24.3 Å². The Morgan fingerprint density at radius 1 is 1.05 bits per heavy atom. The molecular formula is C33H48N2O9. The molecule has 3 saturated heterocycles. The molecule has 0 unspecified atom stereocenters. The third-order valence-electron chi connectivity index (χ3n) is 9.28. The SMILES string of the molecule is CCCCCC1(CCCCC)O[C@@H]2[C@H](O1)[C@H]1ON(Cc3ccc(C=COCCO)cc3)[C@@H]3C(=O)O[C@@H]2C[C@]13C(=O)NCCO. The summed E-state index contributed by atoms with van der Waals surface area (Å²) in [4.78, 5) is 34.3. The molecule has 1 aromatic carbocycles. The Kier molecular flexibility index (Phi) is 11.0. The molecule has 0 radical (unpaired) electrons. The first-order valence-corrected chi connectivity index (χ1v) is 16.3. The molecule has 2 bridgehead atoms. The summed E-state index contributed by atoms with van der Waals surface area (Å²) in [6.45, 7) is 4.60. The van der Waals surface area contributed by atoms with E-state index in [2.05, 4.69) is 19.2 Å². The van der Waals surface area contributed by atoms with Crippen molar-refractivity contribution < 1.29 is 43.6 Å². The number of ether oxygens (including phenoxy) is 4. The van der Waals surface area contributed by atoms with Crippen LogP contribution in [-0.4, -0.2) is 89.8 Å². The number of hydroxylamine groups is 2. The molecule has 0 aromatic heterocycles. The van der Waals surface area contributed by atoms with Crippen LogP contribution < -0.4 is 5.32 Å². The summed E-state index contributed by atoms with van der Waals surface area (Å²) in [6.07, 6.45) is 8.69. The zero-order valence-electron chi connectivity index (χ0n) is 25.9. The standard InChI is InChI=1S/C33H48N2O9/c1-3-5-7-14-32(15-8-6-4-2)42-26-25-21-33(31(39)34-16-17-36)28(30(38)41-25)35(44-29(33)27(26)43-32)22-24-11-9-23(10-12-24)13-19-40-20-18-37/h9-13,19,25-29,36-37H,3-8,14-18,20-22H2,1-2H3,(H,34,39)/t25-,26+,27+,28-,29-,33-/m1/s1. The third kappa shape index (κ3) is 6.54. The molecule has 4 fully saturated rings. The van der Waals surface area contributed by atoms with Gasteiger partial charge < -0.3 is 34.5 Å². The Hall–Kier alpha value is -2.54. The highest BCUT2D eigenvalue weighted by Crippen LogP contribution is 2.58. The number of carbonyl (C=O) groups is 2. The van der Waals surface area contributed by atoms with Crippen molar-refractivity contribution in [1.29, 1.82) is 0 Å². The van der Waals surface area contributed by atoms with Gasteiger partial charge in [0, 0.05) is 25.8 Å². The molecule has 11 heteroatoms. The number of esters is 1. The van der Waals surface area contributed by atoms with Gasteiger partial charge in [-0.05, 0) is 30.0 Å². The van der Waals surface area contributed by atoms with Crippen LogP contribution in [0.25, 0.3) is 6.08 Å². The summed E-state index contributed by atoms with van der Waals surface area (Å²) < 4.78 is 24.9. The second-order valence-corrected chi connectivity index (χ2v) is 12.3. The van der Waals surface area contributed by atoms with Crippen LogP contribution in [0.3, 0.4) is 0 Å². The van der Waals surface area contributed by atoms with E-state index in [0.29, 0.717) is 0 Å². The first-order chi connectivity index (χ1) is 21.4. The molecule has 1 saturated carbocycles. The first kappa shape index (κ1) is 32.8. The van der Waals surface area contributed by atoms with E-state index >= 15 is 0 Å². The van der Waals surface area contributed by atoms with E-state index in [1.165, 1.54) is 6.26 Å². The Balaban J connectivity index is 1.43. The Morgan fingerprint density at radius 3 is 2.41 bits per heavy atom. The molecule has 1 amide bonds. The third-order valence-corrected chi connectivity index (χ3v) is 9.28. The minimum absolute atomic E-state index is 0.0541. The maximum atomic E-state index is 14.0. The van der Waals surface area contributed by atoms with Gasteiger partial charge in [-0.1, -0.05) is 63.8 Å². The lowest BCUT2D eigenvalue weighted by Gasteiger charge is -2.48. The number of rotatable bonds is 17. The number of unbranched alkanes of at least 4 members (excludes halogenated alkanes) is 4. The molecule has 44 heavy (non-hydrogen) atoms. The van der Waals surface area contributed by atoms with Crippen molar-refractivity contribution in [3.8, 4) is 0 Å². The van der Waals surface area contributed by atoms with Gasteiger partial charge in [0.1, 0.15) is 36.4 Å². The summed E-state index contributed by atoms with van der Waals surface area (Å²) in [5, 5.41) is 22.8. The number of aliphatic hydroxyl groups excluding tert-OH is 2. The predicted octanol–water partition coefficient (Wildman–Crippen LogP) is 3.22. The van der Waals surface area contributed by atoms with E-state index < -0.39 is 47.6 Å². The number of amides is 1. The molecule has 11 nitrogen and oxygen atoms in total. The van der Waals surface area contributed by atoms with E-state index in [4.69, 9.17) is 28.9 Å². The van der Waals surface area contributed by atoms with Crippen LogP contribution in [0, 0.1) is 5.41 Å². The molecule has 3 N–H and O–H groups in total. The normalized spacial score (nSPS) is 30.4. The smallest absolute Gasteiger partial charge is 0.327 e. The van der Waals surface area contributed by atoms with Crippen molar-refractivity contribution in [3.63, 3.8) is 0 Å². The zero-order chi connectivity index (χ0) is 31.2. The Bertz CT molecular complexity index is 1130. The minimum atomic E-state index is -1.25. The van der Waals surface area contributed by atoms with Gasteiger partial charge in [0.15, 0.2) is 11.8 Å². The fourth-order valence-corrected chi connectivity index (χ4v) is 7.19. The number of benzene rings is 1. The Morgan fingerprint density at radius 2 is 1.75 bits per heavy atom. The molecule has 3 aliphatic heterocycles. The van der Waals surface area contributed by atoms with Crippen LogP contribution in [0.15, 0.2) is 30.5 Å². The molecule has 6 atom stereocenters. The van der Waals surface area contributed by atoms with Crippen molar-refractivity contribution in [1.82, 2.24) is 10.4 Å². The highest BCUT2D eigenvalue weighted by molar-refractivity contribution is 5.93. The van der Waals surface area contributed by atoms with Crippen LogP contribution in [0.2, 0.25) is 0 Å². The van der Waals surface area contributed by atoms with Crippen molar-refractivity contribution in [2.24, 2.45) is 5.41 Å². The number of carbonyl (C=O) groups excluding carboxylic acids is 2. The molecule has 244 valence electrons. The van der Waals surface area contributed by atoms with Crippen molar-refractivity contribution in [2.45, 2.75) is 114 Å². The highest BCUT2D eigenvalue weighted by Gasteiger charge is 2.76. The van der Waals surface area contributed by atoms with Gasteiger partial charge in [-0.25, -0.2) is 0 Å². The van der Waals surface area contributed by atoms with Crippen LogP contribution in [0.1, 0.15) is 82.8 Å². The second-order valence-electron chi connectivity index (χ2n) is 12.3. The monoisotopic (exact) mass is 616 g/mol. The topological polar surface area (TPSA) is 136 Å². The average Bonchev–Trinajstić information content (AvgIpc) is 3.57. The van der Waals surface area contributed by atoms with E-state index in [0.717, 1.165) is 62.5 Å². The van der Waals surface area contributed by atoms with Crippen LogP contribution in [0.5, 0.6) is 0 Å². The van der Waals surface area contributed by atoms with Crippen molar-refractivity contribution in [3.05, 3.63) is 41.7 Å². The van der Waals surface area contributed by atoms with Crippen molar-refractivity contribution in [2.75, 3.05) is 26.4 Å². The summed E-state index contributed by atoms with van der Waals surface area (Å²) in [6, 6.07) is 6.71. The lowest BCUT2D eigenvalue weighted by Crippen LogP contribution is -2.69. The summed E-state index contributed by atoms with van der Waals surface area (Å²) >= 11 is 0. The van der Waals surface area contributed by atoms with Crippen LogP contribution in [0.4, 0.5) is 0 Å². The maximum absolute atomic E-state index is 14.0. The van der Waals surface area contributed by atoms with Gasteiger partial charge in [0.2, 0.25) is 5.91 Å². The number of fused-ring (bicyclic) bond motifs is 4. The number of nitrogens with one attached hydrogen (secondary N) is 1. The van der Waals surface area contributed by atoms with Gasteiger partial charge >= 0.3 is 5.97 Å². The lowest BCUT2D eigenvalue weighted by atomic mass is 9.62. The zero-order valence-corrected chi connectivity index (χ0v) is 25.9. The molecular weight excluding hydrogens is 568 g/mol. The van der Waals surface area contributed by atoms with Crippen LogP contribution >= 0.6 is 0 Å². The quantitative estimate of drug-likeness (QED) is 0.136. The summed E-state index contributed by atoms with van der Waals surface area (Å²) in [5.41, 5.74) is 0.533. The molecule has 4 aliphatic rings. The summed E-state index contributed by atoms with van der Waals surface area (Å²) in [7, 11) is 0. The van der Waals surface area contributed by atoms with E-state index in [-0.39, 0.29) is 45.2 Å². The molecule has 1 aliphatic carbocycles. The largest absolute Gasteiger partial charge is 0.499 e. The fourth-order valence-electron chi connectivity index (χ4n) is 7.19. The average molecular weight is 617 g/mol. The van der Waals surface area contributed by atoms with Gasteiger partial charge in [-0.3, -0.25) is 14.4 Å². The second kappa shape index (κ2) is 14.7. The van der Waals surface area contributed by atoms with Crippen LogP contribution in [-0.2, 0) is 39.9 Å².